The minimum atomic E-state index is -0.362. The lowest BCUT2D eigenvalue weighted by atomic mass is 9.95. The molecule has 30 heavy (non-hydrogen) atoms. The molecule has 2 amide bonds. The Labute approximate surface area is 178 Å². The van der Waals surface area contributed by atoms with Crippen LogP contribution in [-0.4, -0.2) is 32.3 Å². The van der Waals surface area contributed by atoms with Crippen LogP contribution in [0.3, 0.4) is 0 Å². The van der Waals surface area contributed by atoms with E-state index in [2.05, 4.69) is 25.6 Å². The highest BCUT2D eigenvalue weighted by Gasteiger charge is 2.25. The van der Waals surface area contributed by atoms with Crippen molar-refractivity contribution >= 4 is 23.6 Å². The summed E-state index contributed by atoms with van der Waals surface area (Å²) in [5, 5.41) is 9.31. The van der Waals surface area contributed by atoms with E-state index in [1.54, 1.807) is 30.5 Å². The van der Waals surface area contributed by atoms with Crippen molar-refractivity contribution in [3.05, 3.63) is 54.3 Å². The average molecular weight is 426 g/mol. The summed E-state index contributed by atoms with van der Waals surface area (Å²) < 4.78 is 7.63. The Bertz CT molecular complexity index is 982. The number of hydrazine groups is 1. The smallest absolute Gasteiger partial charge is 0.269 e. The van der Waals surface area contributed by atoms with Crippen LogP contribution in [-0.2, 0) is 4.79 Å². The zero-order valence-corrected chi connectivity index (χ0v) is 17.2. The molecule has 9 heteroatoms. The summed E-state index contributed by atoms with van der Waals surface area (Å²) in [7, 11) is 0. The van der Waals surface area contributed by atoms with Gasteiger partial charge in [-0.25, -0.2) is 0 Å². The molecule has 3 aromatic rings. The Balaban J connectivity index is 1.40. The fourth-order valence-electron chi connectivity index (χ4n) is 3.57. The zero-order chi connectivity index (χ0) is 20.8. The van der Waals surface area contributed by atoms with E-state index >= 15 is 0 Å². The Morgan fingerprint density at radius 2 is 1.83 bits per heavy atom. The second-order valence-electron chi connectivity index (χ2n) is 7.10. The molecule has 0 atom stereocenters. The van der Waals surface area contributed by atoms with Gasteiger partial charge in [-0.2, -0.15) is 0 Å². The molecule has 0 radical (unpaired) electrons. The minimum absolute atomic E-state index is 0.109. The third-order valence-corrected chi connectivity index (χ3v) is 5.97. The molecular formula is C21H23N5O3S. The number of benzene rings is 1. The molecule has 1 saturated carbocycles. The molecule has 156 valence electrons. The first-order chi connectivity index (χ1) is 14.7. The monoisotopic (exact) mass is 425 g/mol. The molecule has 0 saturated heterocycles. The Morgan fingerprint density at radius 1 is 1.03 bits per heavy atom. The van der Waals surface area contributed by atoms with Crippen LogP contribution in [0, 0.1) is 0 Å². The second-order valence-corrected chi connectivity index (χ2v) is 8.04. The molecule has 1 aromatic carbocycles. The van der Waals surface area contributed by atoms with Gasteiger partial charge < -0.3 is 4.42 Å². The lowest BCUT2D eigenvalue weighted by molar-refractivity contribution is -0.119. The minimum Gasteiger partial charge on any atom is -0.461 e. The van der Waals surface area contributed by atoms with Gasteiger partial charge in [-0.1, -0.05) is 49.2 Å². The van der Waals surface area contributed by atoms with Gasteiger partial charge in [-0.3, -0.25) is 25.0 Å². The van der Waals surface area contributed by atoms with Gasteiger partial charge in [0.25, 0.3) is 5.91 Å². The van der Waals surface area contributed by atoms with Gasteiger partial charge in [0.1, 0.15) is 0 Å². The van der Waals surface area contributed by atoms with Crippen LogP contribution in [0.5, 0.6) is 0 Å². The number of nitrogens with one attached hydrogen (secondary N) is 2. The number of carbonyl (C=O) groups excluding carboxylic acids is 2. The number of amides is 2. The summed E-state index contributed by atoms with van der Waals surface area (Å²) in [5.74, 6) is 0.783. The van der Waals surface area contributed by atoms with Crippen molar-refractivity contribution in [3.8, 4) is 11.6 Å². The number of furan rings is 1. The van der Waals surface area contributed by atoms with Crippen molar-refractivity contribution < 1.29 is 14.0 Å². The normalized spacial score (nSPS) is 14.4. The predicted molar refractivity (Wildman–Crippen MR) is 113 cm³/mol. The van der Waals surface area contributed by atoms with Gasteiger partial charge in [0.05, 0.1) is 12.0 Å². The van der Waals surface area contributed by atoms with E-state index in [9.17, 15) is 9.59 Å². The summed E-state index contributed by atoms with van der Waals surface area (Å²) in [4.78, 5) is 24.3. The predicted octanol–water partition coefficient (Wildman–Crippen LogP) is 3.60. The number of hydrogen-bond donors (Lipinski definition) is 2. The largest absolute Gasteiger partial charge is 0.461 e. The molecule has 0 aliphatic heterocycles. The van der Waals surface area contributed by atoms with E-state index in [-0.39, 0.29) is 23.6 Å². The lowest BCUT2D eigenvalue weighted by Crippen LogP contribution is -2.42. The molecule has 8 nitrogen and oxygen atoms in total. The highest BCUT2D eigenvalue weighted by molar-refractivity contribution is 7.99. The van der Waals surface area contributed by atoms with Crippen molar-refractivity contribution in [1.82, 2.24) is 25.6 Å². The van der Waals surface area contributed by atoms with E-state index in [1.165, 1.54) is 18.2 Å². The van der Waals surface area contributed by atoms with E-state index < -0.39 is 0 Å². The molecule has 1 aliphatic rings. The van der Waals surface area contributed by atoms with Crippen molar-refractivity contribution in [2.45, 2.75) is 43.3 Å². The first-order valence-electron chi connectivity index (χ1n) is 9.98. The van der Waals surface area contributed by atoms with Gasteiger partial charge in [0.15, 0.2) is 10.9 Å². The van der Waals surface area contributed by atoms with E-state index in [1.807, 2.05) is 18.2 Å². The number of thioether (sulfide) groups is 1. The van der Waals surface area contributed by atoms with Crippen LogP contribution < -0.4 is 10.9 Å². The summed E-state index contributed by atoms with van der Waals surface area (Å²) in [6.07, 6.45) is 7.29. The van der Waals surface area contributed by atoms with E-state index in [4.69, 9.17) is 4.42 Å². The van der Waals surface area contributed by atoms with Crippen molar-refractivity contribution in [1.29, 1.82) is 0 Å². The fourth-order valence-corrected chi connectivity index (χ4v) is 4.38. The number of carbonyl (C=O) groups is 2. The maximum absolute atomic E-state index is 12.3. The molecule has 2 N–H and O–H groups in total. The van der Waals surface area contributed by atoms with Crippen molar-refractivity contribution in [2.75, 3.05) is 5.75 Å². The Kier molecular flexibility index (Phi) is 6.48. The van der Waals surface area contributed by atoms with Gasteiger partial charge in [0.2, 0.25) is 11.7 Å². The molecule has 1 aliphatic carbocycles. The van der Waals surface area contributed by atoms with Crippen LogP contribution >= 0.6 is 11.8 Å². The van der Waals surface area contributed by atoms with E-state index in [0.717, 1.165) is 25.7 Å². The standard InChI is InChI=1S/C21H23N5O3S/c27-18(22-24-20(28)15-8-3-1-4-9-15)14-30-21-25-23-19(17-12-7-13-29-17)26(21)16-10-5-2-6-11-16/h1,3-4,7-9,12-13,16H,2,5-6,10-11,14H2,(H,22,27)(H,24,28). The van der Waals surface area contributed by atoms with Crippen LogP contribution in [0.15, 0.2) is 58.3 Å². The number of nitrogens with zero attached hydrogens (tertiary/aromatic N) is 3. The maximum atomic E-state index is 12.3. The fraction of sp³-hybridized carbons (Fsp3) is 0.333. The highest BCUT2D eigenvalue weighted by Crippen LogP contribution is 2.35. The van der Waals surface area contributed by atoms with Crippen molar-refractivity contribution in [2.24, 2.45) is 0 Å². The quantitative estimate of drug-likeness (QED) is 0.462. The molecular weight excluding hydrogens is 402 g/mol. The molecule has 2 heterocycles. The van der Waals surface area contributed by atoms with Crippen LogP contribution in [0.1, 0.15) is 48.5 Å². The number of hydrogen-bond acceptors (Lipinski definition) is 6. The third-order valence-electron chi connectivity index (χ3n) is 5.03. The van der Waals surface area contributed by atoms with Crippen molar-refractivity contribution in [3.63, 3.8) is 0 Å². The zero-order valence-electron chi connectivity index (χ0n) is 16.4. The number of aromatic nitrogens is 3. The number of rotatable bonds is 6. The van der Waals surface area contributed by atoms with Gasteiger partial charge >= 0.3 is 0 Å². The molecule has 0 unspecified atom stereocenters. The molecule has 4 rings (SSSR count). The molecule has 0 bridgehead atoms. The molecule has 2 aromatic heterocycles. The third kappa shape index (κ3) is 4.73. The van der Waals surface area contributed by atoms with E-state index in [0.29, 0.717) is 22.3 Å². The van der Waals surface area contributed by atoms with Gasteiger partial charge in [-0.05, 0) is 37.1 Å². The second kappa shape index (κ2) is 9.62. The van der Waals surface area contributed by atoms with Crippen LogP contribution in [0.2, 0.25) is 0 Å². The molecule has 0 spiro atoms. The first-order valence-corrected chi connectivity index (χ1v) is 11.0. The van der Waals surface area contributed by atoms with Crippen LogP contribution in [0.25, 0.3) is 11.6 Å². The molecule has 1 fully saturated rings. The van der Waals surface area contributed by atoms with Gasteiger partial charge in [-0.15, -0.1) is 10.2 Å². The summed E-state index contributed by atoms with van der Waals surface area (Å²) in [6, 6.07) is 12.7. The Morgan fingerprint density at radius 3 is 2.57 bits per heavy atom. The highest BCUT2D eigenvalue weighted by atomic mass is 32.2. The average Bonchev–Trinajstić information content (AvgIpc) is 3.47. The SMILES string of the molecule is O=C(CSc1nnc(-c2ccco2)n1C1CCCCC1)NNC(=O)c1ccccc1. The summed E-state index contributed by atoms with van der Waals surface area (Å²) in [6.45, 7) is 0. The first kappa shape index (κ1) is 20.2. The van der Waals surface area contributed by atoms with Crippen LogP contribution in [0.4, 0.5) is 0 Å². The Hall–Kier alpha value is -3.07. The maximum Gasteiger partial charge on any atom is 0.269 e. The topological polar surface area (TPSA) is 102 Å². The summed E-state index contributed by atoms with van der Waals surface area (Å²) in [5.41, 5.74) is 5.36. The lowest BCUT2D eigenvalue weighted by Gasteiger charge is -2.25. The van der Waals surface area contributed by atoms with Gasteiger partial charge in [0, 0.05) is 11.6 Å². The summed E-state index contributed by atoms with van der Waals surface area (Å²) >= 11 is 1.30.